The number of benzene rings is 1. The van der Waals surface area contributed by atoms with Crippen LogP contribution in [0.15, 0.2) is 30.3 Å². The SMILES string of the molecule is Cc1nc(Nc2ccc(C(C)(C)C)cc2)cc(C(=O)N2CCN(C)CC2)n1. The lowest BCUT2D eigenvalue weighted by atomic mass is 9.87. The number of aromatic nitrogens is 2. The average Bonchev–Trinajstić information content (AvgIpc) is 2.61. The van der Waals surface area contributed by atoms with Crippen molar-refractivity contribution < 1.29 is 4.79 Å². The molecule has 3 rings (SSSR count). The van der Waals surface area contributed by atoms with E-state index < -0.39 is 0 Å². The maximum absolute atomic E-state index is 12.8. The molecule has 1 fully saturated rings. The largest absolute Gasteiger partial charge is 0.340 e. The summed E-state index contributed by atoms with van der Waals surface area (Å²) in [7, 11) is 2.07. The van der Waals surface area contributed by atoms with Gasteiger partial charge >= 0.3 is 0 Å². The lowest BCUT2D eigenvalue weighted by molar-refractivity contribution is 0.0658. The van der Waals surface area contributed by atoms with E-state index in [9.17, 15) is 4.79 Å². The summed E-state index contributed by atoms with van der Waals surface area (Å²) >= 11 is 0. The molecule has 0 atom stereocenters. The number of nitrogens with one attached hydrogen (secondary N) is 1. The standard InChI is InChI=1S/C21H29N5O/c1-15-22-18(20(27)26-12-10-25(5)11-13-26)14-19(23-15)24-17-8-6-16(7-9-17)21(2,3)4/h6-9,14H,10-13H2,1-5H3,(H,22,23,24). The van der Waals surface area contributed by atoms with E-state index in [1.54, 1.807) is 6.07 Å². The van der Waals surface area contributed by atoms with E-state index in [0.29, 0.717) is 17.3 Å². The molecule has 0 spiro atoms. The molecule has 2 aromatic rings. The number of aryl methyl sites for hydroxylation is 1. The summed E-state index contributed by atoms with van der Waals surface area (Å²) < 4.78 is 0. The highest BCUT2D eigenvalue weighted by atomic mass is 16.2. The first kappa shape index (κ1) is 19.3. The zero-order valence-electron chi connectivity index (χ0n) is 16.9. The molecule has 0 saturated carbocycles. The number of rotatable bonds is 3. The lowest BCUT2D eigenvalue weighted by Crippen LogP contribution is -2.47. The topological polar surface area (TPSA) is 61.4 Å². The van der Waals surface area contributed by atoms with E-state index in [1.807, 2.05) is 24.0 Å². The Morgan fingerprint density at radius 2 is 1.67 bits per heavy atom. The molecule has 1 N–H and O–H groups in total. The highest BCUT2D eigenvalue weighted by Gasteiger charge is 2.22. The number of carbonyl (C=O) groups is 1. The molecule has 0 bridgehead atoms. The van der Waals surface area contributed by atoms with Gasteiger partial charge in [0.1, 0.15) is 17.3 Å². The fraction of sp³-hybridized carbons (Fsp3) is 0.476. The van der Waals surface area contributed by atoms with Gasteiger partial charge in [-0.25, -0.2) is 9.97 Å². The van der Waals surface area contributed by atoms with Crippen LogP contribution in [0.25, 0.3) is 0 Å². The van der Waals surface area contributed by atoms with Crippen LogP contribution in [0.4, 0.5) is 11.5 Å². The fourth-order valence-corrected chi connectivity index (χ4v) is 3.11. The zero-order valence-corrected chi connectivity index (χ0v) is 16.9. The average molecular weight is 367 g/mol. The van der Waals surface area contributed by atoms with Gasteiger partial charge in [0.25, 0.3) is 5.91 Å². The Kier molecular flexibility index (Phi) is 5.46. The molecular weight excluding hydrogens is 338 g/mol. The molecule has 144 valence electrons. The summed E-state index contributed by atoms with van der Waals surface area (Å²) in [5, 5.41) is 3.30. The van der Waals surface area contributed by atoms with Gasteiger partial charge in [-0.3, -0.25) is 4.79 Å². The number of hydrogen-bond acceptors (Lipinski definition) is 5. The molecule has 0 radical (unpaired) electrons. The van der Waals surface area contributed by atoms with Gasteiger partial charge in [-0.1, -0.05) is 32.9 Å². The molecule has 0 unspecified atom stereocenters. The summed E-state index contributed by atoms with van der Waals surface area (Å²) in [5.74, 6) is 1.20. The van der Waals surface area contributed by atoms with E-state index in [4.69, 9.17) is 0 Å². The van der Waals surface area contributed by atoms with Gasteiger partial charge in [-0.05, 0) is 37.1 Å². The van der Waals surface area contributed by atoms with Crippen LogP contribution in [0, 0.1) is 6.92 Å². The van der Waals surface area contributed by atoms with Crippen molar-refractivity contribution in [1.82, 2.24) is 19.8 Å². The monoisotopic (exact) mass is 367 g/mol. The molecule has 1 aromatic carbocycles. The summed E-state index contributed by atoms with van der Waals surface area (Å²) in [6.45, 7) is 11.6. The molecule has 1 aliphatic rings. The number of carbonyl (C=O) groups excluding carboxylic acids is 1. The second kappa shape index (κ2) is 7.64. The molecule has 1 aromatic heterocycles. The second-order valence-corrected chi connectivity index (χ2v) is 8.23. The lowest BCUT2D eigenvalue weighted by Gasteiger charge is -2.32. The van der Waals surface area contributed by atoms with Crippen molar-refractivity contribution in [2.45, 2.75) is 33.1 Å². The maximum Gasteiger partial charge on any atom is 0.272 e. The van der Waals surface area contributed by atoms with Gasteiger partial charge < -0.3 is 15.1 Å². The van der Waals surface area contributed by atoms with Crippen molar-refractivity contribution in [2.24, 2.45) is 0 Å². The highest BCUT2D eigenvalue weighted by molar-refractivity contribution is 5.93. The van der Waals surface area contributed by atoms with Crippen LogP contribution in [0.3, 0.4) is 0 Å². The van der Waals surface area contributed by atoms with Gasteiger partial charge in [-0.2, -0.15) is 0 Å². The fourth-order valence-electron chi connectivity index (χ4n) is 3.11. The minimum Gasteiger partial charge on any atom is -0.340 e. The summed E-state index contributed by atoms with van der Waals surface area (Å²) in [6, 6.07) is 10.1. The first-order valence-electron chi connectivity index (χ1n) is 9.43. The molecule has 1 saturated heterocycles. The molecule has 1 amide bonds. The van der Waals surface area contributed by atoms with Crippen molar-refractivity contribution in [1.29, 1.82) is 0 Å². The van der Waals surface area contributed by atoms with Gasteiger partial charge in [0.15, 0.2) is 0 Å². The van der Waals surface area contributed by atoms with Crippen molar-refractivity contribution in [3.8, 4) is 0 Å². The molecule has 27 heavy (non-hydrogen) atoms. The van der Waals surface area contributed by atoms with Crippen molar-refractivity contribution in [3.63, 3.8) is 0 Å². The molecule has 6 nitrogen and oxygen atoms in total. The molecule has 1 aliphatic heterocycles. The van der Waals surface area contributed by atoms with E-state index in [0.717, 1.165) is 31.9 Å². The number of hydrogen-bond donors (Lipinski definition) is 1. The van der Waals surface area contributed by atoms with Gasteiger partial charge in [0.2, 0.25) is 0 Å². The Morgan fingerprint density at radius 1 is 1.04 bits per heavy atom. The first-order chi connectivity index (χ1) is 12.7. The summed E-state index contributed by atoms with van der Waals surface area (Å²) in [6.07, 6.45) is 0. The van der Waals surface area contributed by atoms with Crippen LogP contribution in [-0.4, -0.2) is 58.9 Å². The van der Waals surface area contributed by atoms with Gasteiger partial charge in [0.05, 0.1) is 0 Å². The predicted octanol–water partition coefficient (Wildman–Crippen LogP) is 3.21. The number of piperazine rings is 1. The third-order valence-electron chi connectivity index (χ3n) is 4.87. The Bertz CT molecular complexity index is 802. The van der Waals surface area contributed by atoms with Gasteiger partial charge in [-0.15, -0.1) is 0 Å². The van der Waals surface area contributed by atoms with Crippen molar-refractivity contribution in [3.05, 3.63) is 47.4 Å². The van der Waals surface area contributed by atoms with E-state index >= 15 is 0 Å². The molecular formula is C21H29N5O. The molecule has 2 heterocycles. The van der Waals surface area contributed by atoms with Crippen molar-refractivity contribution in [2.75, 3.05) is 38.5 Å². The van der Waals surface area contributed by atoms with Crippen LogP contribution >= 0.6 is 0 Å². The molecule has 6 heteroatoms. The van der Waals surface area contributed by atoms with E-state index in [1.165, 1.54) is 5.56 Å². The molecule has 0 aliphatic carbocycles. The Balaban J connectivity index is 1.76. The number of nitrogens with zero attached hydrogens (tertiary/aromatic N) is 4. The normalized spacial score (nSPS) is 15.7. The smallest absolute Gasteiger partial charge is 0.272 e. The van der Waals surface area contributed by atoms with Crippen LogP contribution in [0.1, 0.15) is 42.6 Å². The second-order valence-electron chi connectivity index (χ2n) is 8.23. The Morgan fingerprint density at radius 3 is 2.26 bits per heavy atom. The summed E-state index contributed by atoms with van der Waals surface area (Å²) in [4.78, 5) is 25.7. The van der Waals surface area contributed by atoms with Gasteiger partial charge in [0, 0.05) is 37.9 Å². The van der Waals surface area contributed by atoms with E-state index in [-0.39, 0.29) is 11.3 Å². The number of amides is 1. The first-order valence-corrected chi connectivity index (χ1v) is 9.43. The van der Waals surface area contributed by atoms with Crippen LogP contribution < -0.4 is 5.32 Å². The minimum absolute atomic E-state index is 0.0280. The van der Waals surface area contributed by atoms with Crippen LogP contribution in [0.2, 0.25) is 0 Å². The van der Waals surface area contributed by atoms with Crippen LogP contribution in [-0.2, 0) is 5.41 Å². The van der Waals surface area contributed by atoms with Crippen molar-refractivity contribution >= 4 is 17.4 Å². The highest BCUT2D eigenvalue weighted by Crippen LogP contribution is 2.24. The van der Waals surface area contributed by atoms with Crippen LogP contribution in [0.5, 0.6) is 0 Å². The number of likely N-dealkylation sites (N-methyl/N-ethyl adjacent to an activating group) is 1. The van der Waals surface area contributed by atoms with E-state index in [2.05, 4.69) is 60.1 Å². The third kappa shape index (κ3) is 4.83. The quantitative estimate of drug-likeness (QED) is 0.903. The minimum atomic E-state index is -0.0280. The summed E-state index contributed by atoms with van der Waals surface area (Å²) in [5.41, 5.74) is 2.78. The zero-order chi connectivity index (χ0) is 19.6. The number of anilines is 2. The Labute approximate surface area is 161 Å². The predicted molar refractivity (Wildman–Crippen MR) is 109 cm³/mol. The third-order valence-corrected chi connectivity index (χ3v) is 4.87. The maximum atomic E-state index is 12.8. The Hall–Kier alpha value is -2.47.